The average Bonchev–Trinajstić information content (AvgIpc) is 3.52. The molecule has 0 radical (unpaired) electrons. The summed E-state index contributed by atoms with van der Waals surface area (Å²) in [6, 6.07) is 25.9. The van der Waals surface area contributed by atoms with Crippen LogP contribution in [-0.2, 0) is 6.42 Å². The van der Waals surface area contributed by atoms with Crippen LogP contribution in [-0.4, -0.2) is 26.2 Å². The van der Waals surface area contributed by atoms with Gasteiger partial charge in [0.2, 0.25) is 0 Å². The number of para-hydroxylation sites is 1. The van der Waals surface area contributed by atoms with Crippen molar-refractivity contribution in [2.24, 2.45) is 0 Å². The first-order chi connectivity index (χ1) is 18.0. The SMILES string of the molecule is CCc1cc(NC(C)C)cc(-c2ccc3[nH]nc(-c4nc5c(-c6ccccc6F)cccc5[nH]4)c3c2)c1. The maximum absolute atomic E-state index is 14.6. The van der Waals surface area contributed by atoms with Gasteiger partial charge in [-0.25, -0.2) is 9.37 Å². The van der Waals surface area contributed by atoms with Crippen LogP contribution < -0.4 is 5.32 Å². The zero-order chi connectivity index (χ0) is 25.5. The Morgan fingerprint density at radius 1 is 0.865 bits per heavy atom. The number of nitrogens with zero attached hydrogens (tertiary/aromatic N) is 2. The van der Waals surface area contributed by atoms with Gasteiger partial charge in [-0.1, -0.05) is 49.4 Å². The molecular weight excluding hydrogens is 461 g/mol. The van der Waals surface area contributed by atoms with Crippen molar-refractivity contribution in [2.45, 2.75) is 33.2 Å². The minimum absolute atomic E-state index is 0.268. The number of hydrogen-bond acceptors (Lipinski definition) is 3. The first-order valence-electron chi connectivity index (χ1n) is 12.6. The highest BCUT2D eigenvalue weighted by atomic mass is 19.1. The van der Waals surface area contributed by atoms with Crippen molar-refractivity contribution in [2.75, 3.05) is 5.32 Å². The summed E-state index contributed by atoms with van der Waals surface area (Å²) < 4.78 is 14.6. The van der Waals surface area contributed by atoms with Gasteiger partial charge in [-0.2, -0.15) is 5.10 Å². The lowest BCUT2D eigenvalue weighted by molar-refractivity contribution is 0.631. The zero-order valence-corrected chi connectivity index (χ0v) is 21.1. The van der Waals surface area contributed by atoms with Crippen molar-refractivity contribution in [1.29, 1.82) is 0 Å². The van der Waals surface area contributed by atoms with Gasteiger partial charge in [-0.05, 0) is 73.4 Å². The van der Waals surface area contributed by atoms with Gasteiger partial charge in [0.25, 0.3) is 0 Å². The quantitative estimate of drug-likeness (QED) is 0.222. The van der Waals surface area contributed by atoms with E-state index in [0.717, 1.165) is 56.4 Å². The van der Waals surface area contributed by atoms with E-state index in [0.29, 0.717) is 17.4 Å². The summed E-state index contributed by atoms with van der Waals surface area (Å²) in [5.74, 6) is 0.377. The highest BCUT2D eigenvalue weighted by Crippen LogP contribution is 2.34. The van der Waals surface area contributed by atoms with Crippen LogP contribution in [0.1, 0.15) is 26.3 Å². The van der Waals surface area contributed by atoms with Gasteiger partial charge in [0.15, 0.2) is 5.82 Å². The molecule has 184 valence electrons. The van der Waals surface area contributed by atoms with E-state index in [4.69, 9.17) is 4.98 Å². The Labute approximate surface area is 214 Å². The van der Waals surface area contributed by atoms with E-state index in [1.807, 2.05) is 24.3 Å². The number of anilines is 1. The van der Waals surface area contributed by atoms with Crippen LogP contribution in [0.2, 0.25) is 0 Å². The first-order valence-corrected chi connectivity index (χ1v) is 12.6. The van der Waals surface area contributed by atoms with E-state index in [1.54, 1.807) is 12.1 Å². The molecule has 0 spiro atoms. The molecule has 0 fully saturated rings. The van der Waals surface area contributed by atoms with Crippen molar-refractivity contribution in [3.05, 3.63) is 90.2 Å². The van der Waals surface area contributed by atoms with Crippen LogP contribution in [0, 0.1) is 5.82 Å². The molecule has 0 aliphatic carbocycles. The summed E-state index contributed by atoms with van der Waals surface area (Å²) in [7, 11) is 0. The summed E-state index contributed by atoms with van der Waals surface area (Å²) in [5.41, 5.74) is 9.17. The smallest absolute Gasteiger partial charge is 0.159 e. The number of H-pyrrole nitrogens is 2. The molecule has 2 heterocycles. The third-order valence-electron chi connectivity index (χ3n) is 6.65. The Morgan fingerprint density at radius 3 is 2.51 bits per heavy atom. The average molecular weight is 490 g/mol. The van der Waals surface area contributed by atoms with Crippen molar-refractivity contribution in [3.63, 3.8) is 0 Å². The van der Waals surface area contributed by atoms with E-state index >= 15 is 0 Å². The number of fused-ring (bicyclic) bond motifs is 2. The van der Waals surface area contributed by atoms with E-state index in [2.05, 4.69) is 77.7 Å². The van der Waals surface area contributed by atoms with Gasteiger partial charge in [0.1, 0.15) is 11.5 Å². The number of aromatic nitrogens is 4. The Hall–Kier alpha value is -4.45. The number of benzene rings is 4. The van der Waals surface area contributed by atoms with Crippen molar-refractivity contribution >= 4 is 27.6 Å². The molecule has 0 saturated carbocycles. The summed E-state index contributed by atoms with van der Waals surface area (Å²) in [5, 5.41) is 12.3. The van der Waals surface area contributed by atoms with Gasteiger partial charge in [0, 0.05) is 28.2 Å². The van der Waals surface area contributed by atoms with E-state index in [1.165, 1.54) is 11.6 Å². The maximum atomic E-state index is 14.6. The van der Waals surface area contributed by atoms with Crippen LogP contribution in [0.15, 0.2) is 78.9 Å². The molecular formula is C31H28FN5. The molecule has 0 amide bonds. The molecule has 0 aliphatic rings. The molecule has 4 aromatic carbocycles. The maximum Gasteiger partial charge on any atom is 0.159 e. The molecule has 37 heavy (non-hydrogen) atoms. The van der Waals surface area contributed by atoms with Gasteiger partial charge < -0.3 is 10.3 Å². The topological polar surface area (TPSA) is 69.4 Å². The molecule has 3 N–H and O–H groups in total. The molecule has 5 nitrogen and oxygen atoms in total. The van der Waals surface area contributed by atoms with Gasteiger partial charge in [0.05, 0.1) is 16.6 Å². The number of rotatable bonds is 6. The van der Waals surface area contributed by atoms with Crippen molar-refractivity contribution in [3.8, 4) is 33.8 Å². The zero-order valence-electron chi connectivity index (χ0n) is 21.1. The molecule has 6 rings (SSSR count). The third-order valence-corrected chi connectivity index (χ3v) is 6.65. The van der Waals surface area contributed by atoms with E-state index in [9.17, 15) is 4.39 Å². The Morgan fingerprint density at radius 2 is 1.70 bits per heavy atom. The van der Waals surface area contributed by atoms with Crippen molar-refractivity contribution in [1.82, 2.24) is 20.2 Å². The van der Waals surface area contributed by atoms with Crippen LogP contribution in [0.5, 0.6) is 0 Å². The van der Waals surface area contributed by atoms with Gasteiger partial charge >= 0.3 is 0 Å². The van der Waals surface area contributed by atoms with E-state index in [-0.39, 0.29) is 5.82 Å². The lowest BCUT2D eigenvalue weighted by Crippen LogP contribution is -2.09. The monoisotopic (exact) mass is 489 g/mol. The first kappa shape index (κ1) is 23.0. The standard InChI is InChI=1S/C31H28FN5/c1-4-19-14-21(16-22(15-19)33-18(2)3)20-12-13-27-25(17-20)30(37-36-27)31-34-28-11-7-9-24(29(28)35-31)23-8-5-6-10-26(23)32/h5-18,33H,4H2,1-3H3,(H,34,35)(H,36,37). The Kier molecular flexibility index (Phi) is 5.72. The van der Waals surface area contributed by atoms with E-state index < -0.39 is 0 Å². The number of hydrogen-bond donors (Lipinski definition) is 3. The highest BCUT2D eigenvalue weighted by Gasteiger charge is 2.17. The number of nitrogens with one attached hydrogen (secondary N) is 3. The summed E-state index contributed by atoms with van der Waals surface area (Å²) >= 11 is 0. The predicted octanol–water partition coefficient (Wildman–Crippen LogP) is 7.96. The third kappa shape index (κ3) is 4.25. The molecule has 0 aliphatic heterocycles. The number of aromatic amines is 2. The summed E-state index contributed by atoms with van der Waals surface area (Å²) in [4.78, 5) is 8.29. The second-order valence-corrected chi connectivity index (χ2v) is 9.67. The molecule has 6 aromatic rings. The van der Waals surface area contributed by atoms with Crippen LogP contribution in [0.3, 0.4) is 0 Å². The van der Waals surface area contributed by atoms with Crippen LogP contribution in [0.4, 0.5) is 10.1 Å². The number of imidazole rings is 1. The van der Waals surface area contributed by atoms with Crippen LogP contribution >= 0.6 is 0 Å². The summed E-state index contributed by atoms with van der Waals surface area (Å²) in [6.07, 6.45) is 0.961. The Bertz CT molecular complexity index is 1740. The minimum Gasteiger partial charge on any atom is -0.383 e. The molecule has 6 heteroatoms. The fourth-order valence-corrected chi connectivity index (χ4v) is 4.89. The van der Waals surface area contributed by atoms with Crippen LogP contribution in [0.25, 0.3) is 55.7 Å². The minimum atomic E-state index is -0.268. The van der Waals surface area contributed by atoms with Crippen molar-refractivity contribution < 1.29 is 4.39 Å². The highest BCUT2D eigenvalue weighted by molar-refractivity contribution is 5.98. The molecule has 2 aromatic heterocycles. The molecule has 0 saturated heterocycles. The second kappa shape index (κ2) is 9.21. The fourth-order valence-electron chi connectivity index (χ4n) is 4.89. The van der Waals surface area contributed by atoms with Gasteiger partial charge in [-0.15, -0.1) is 0 Å². The number of aryl methyl sites for hydroxylation is 1. The lowest BCUT2D eigenvalue weighted by atomic mass is 9.99. The largest absolute Gasteiger partial charge is 0.383 e. The predicted molar refractivity (Wildman–Crippen MR) is 150 cm³/mol. The van der Waals surface area contributed by atoms with Gasteiger partial charge in [-0.3, -0.25) is 5.10 Å². The summed E-state index contributed by atoms with van der Waals surface area (Å²) in [6.45, 7) is 6.47. The molecule has 0 bridgehead atoms. The Balaban J connectivity index is 1.47. The number of halogens is 1. The molecule has 0 atom stereocenters. The second-order valence-electron chi connectivity index (χ2n) is 9.67. The molecule has 0 unspecified atom stereocenters. The lowest BCUT2D eigenvalue weighted by Gasteiger charge is -2.14. The fraction of sp³-hybridized carbons (Fsp3) is 0.161. The normalized spacial score (nSPS) is 11.6.